The standard InChI is InChI=1S/C14H15BrN2O2/c1-8-3-4-11(12(15)7-8)13-16-9(2)10(5-6-18)14(19)17-13/h3-4,7,18H,5-6H2,1-2H3,(H,16,17,19). The predicted octanol–water partition coefficient (Wildman–Crippen LogP) is 2.35. The number of benzene rings is 1. The van der Waals surface area contributed by atoms with E-state index in [1.54, 1.807) is 6.92 Å². The topological polar surface area (TPSA) is 66.0 Å². The van der Waals surface area contributed by atoms with E-state index in [1.807, 2.05) is 25.1 Å². The molecule has 2 N–H and O–H groups in total. The van der Waals surface area contributed by atoms with Gasteiger partial charge in [-0.05, 0) is 31.5 Å². The molecule has 0 aliphatic carbocycles. The lowest BCUT2D eigenvalue weighted by Crippen LogP contribution is -2.18. The van der Waals surface area contributed by atoms with Crippen LogP contribution in [0.1, 0.15) is 16.8 Å². The highest BCUT2D eigenvalue weighted by molar-refractivity contribution is 9.10. The average Bonchev–Trinajstić information content (AvgIpc) is 2.33. The molecule has 0 aliphatic rings. The van der Waals surface area contributed by atoms with Crippen LogP contribution in [0.4, 0.5) is 0 Å². The lowest BCUT2D eigenvalue weighted by Gasteiger charge is -2.08. The van der Waals surface area contributed by atoms with E-state index >= 15 is 0 Å². The molecule has 1 aromatic carbocycles. The van der Waals surface area contributed by atoms with E-state index in [-0.39, 0.29) is 12.2 Å². The number of aromatic nitrogens is 2. The second kappa shape index (κ2) is 5.67. The first-order chi connectivity index (χ1) is 9.02. The highest BCUT2D eigenvalue weighted by Gasteiger charge is 2.11. The Morgan fingerprint density at radius 1 is 1.37 bits per heavy atom. The molecule has 0 unspecified atom stereocenters. The number of nitrogens with zero attached hydrogens (tertiary/aromatic N) is 1. The highest BCUT2D eigenvalue weighted by Crippen LogP contribution is 2.26. The minimum Gasteiger partial charge on any atom is -0.396 e. The monoisotopic (exact) mass is 322 g/mol. The summed E-state index contributed by atoms with van der Waals surface area (Å²) in [5.74, 6) is 0.538. The molecule has 0 radical (unpaired) electrons. The van der Waals surface area contributed by atoms with Crippen LogP contribution in [0.15, 0.2) is 27.5 Å². The third-order valence-electron chi connectivity index (χ3n) is 2.96. The molecule has 0 amide bonds. The van der Waals surface area contributed by atoms with Crippen LogP contribution in [0.5, 0.6) is 0 Å². The van der Waals surface area contributed by atoms with Crippen LogP contribution in [0.3, 0.4) is 0 Å². The van der Waals surface area contributed by atoms with Crippen LogP contribution < -0.4 is 5.56 Å². The van der Waals surface area contributed by atoms with Gasteiger partial charge in [0.1, 0.15) is 5.82 Å². The van der Waals surface area contributed by atoms with E-state index in [2.05, 4.69) is 25.9 Å². The first-order valence-electron chi connectivity index (χ1n) is 6.00. The third kappa shape index (κ3) is 2.93. The van der Waals surface area contributed by atoms with Gasteiger partial charge in [-0.1, -0.05) is 22.0 Å². The van der Waals surface area contributed by atoms with Gasteiger partial charge in [0.2, 0.25) is 0 Å². The molecular formula is C14H15BrN2O2. The normalized spacial score (nSPS) is 10.7. The summed E-state index contributed by atoms with van der Waals surface area (Å²) in [5.41, 5.74) is 2.98. The lowest BCUT2D eigenvalue weighted by atomic mass is 10.1. The molecule has 4 nitrogen and oxygen atoms in total. The summed E-state index contributed by atoms with van der Waals surface area (Å²) < 4.78 is 0.893. The Balaban J connectivity index is 2.55. The molecule has 1 heterocycles. The van der Waals surface area contributed by atoms with Gasteiger partial charge in [-0.15, -0.1) is 0 Å². The number of halogens is 1. The number of H-pyrrole nitrogens is 1. The molecule has 19 heavy (non-hydrogen) atoms. The number of rotatable bonds is 3. The Hall–Kier alpha value is -1.46. The predicted molar refractivity (Wildman–Crippen MR) is 78.3 cm³/mol. The van der Waals surface area contributed by atoms with E-state index in [0.29, 0.717) is 23.5 Å². The molecule has 5 heteroatoms. The Kier molecular flexibility index (Phi) is 4.17. The van der Waals surface area contributed by atoms with Gasteiger partial charge >= 0.3 is 0 Å². The van der Waals surface area contributed by atoms with Crippen molar-refractivity contribution in [3.8, 4) is 11.4 Å². The highest BCUT2D eigenvalue weighted by atomic mass is 79.9. The van der Waals surface area contributed by atoms with Gasteiger partial charge in [-0.3, -0.25) is 4.79 Å². The molecule has 0 bridgehead atoms. The second-order valence-electron chi connectivity index (χ2n) is 4.44. The van der Waals surface area contributed by atoms with E-state index < -0.39 is 0 Å². The van der Waals surface area contributed by atoms with Crippen molar-refractivity contribution in [1.82, 2.24) is 9.97 Å². The fourth-order valence-corrected chi connectivity index (χ4v) is 2.64. The molecule has 0 spiro atoms. The number of aliphatic hydroxyl groups excluding tert-OH is 1. The van der Waals surface area contributed by atoms with E-state index in [4.69, 9.17) is 5.11 Å². The Morgan fingerprint density at radius 2 is 2.11 bits per heavy atom. The maximum absolute atomic E-state index is 12.0. The molecule has 2 aromatic rings. The maximum atomic E-state index is 12.0. The minimum absolute atomic E-state index is 0.0564. The Labute approximate surface area is 119 Å². The van der Waals surface area contributed by atoms with E-state index in [1.165, 1.54) is 0 Å². The zero-order valence-electron chi connectivity index (χ0n) is 10.8. The van der Waals surface area contributed by atoms with Crippen molar-refractivity contribution in [3.05, 3.63) is 49.8 Å². The molecule has 0 fully saturated rings. The van der Waals surface area contributed by atoms with Gasteiger partial charge in [0.15, 0.2) is 0 Å². The van der Waals surface area contributed by atoms with E-state index in [0.717, 1.165) is 15.6 Å². The quantitative estimate of drug-likeness (QED) is 0.911. The first-order valence-corrected chi connectivity index (χ1v) is 6.79. The fraction of sp³-hybridized carbons (Fsp3) is 0.286. The van der Waals surface area contributed by atoms with Crippen molar-refractivity contribution < 1.29 is 5.11 Å². The van der Waals surface area contributed by atoms with Gasteiger partial charge in [0.05, 0.1) is 0 Å². The summed E-state index contributed by atoms with van der Waals surface area (Å²) in [6.07, 6.45) is 0.323. The molecule has 0 aliphatic heterocycles. The number of aliphatic hydroxyl groups is 1. The van der Waals surface area contributed by atoms with Crippen molar-refractivity contribution in [3.63, 3.8) is 0 Å². The third-order valence-corrected chi connectivity index (χ3v) is 3.62. The molecule has 1 aromatic heterocycles. The zero-order valence-corrected chi connectivity index (χ0v) is 12.4. The molecule has 0 saturated carbocycles. The largest absolute Gasteiger partial charge is 0.396 e. The Bertz CT molecular complexity index is 665. The number of hydrogen-bond donors (Lipinski definition) is 2. The summed E-state index contributed by atoms with van der Waals surface area (Å²) in [5, 5.41) is 8.94. The van der Waals surface area contributed by atoms with Crippen LogP contribution in [-0.2, 0) is 6.42 Å². The molecule has 0 atom stereocenters. The van der Waals surface area contributed by atoms with Crippen LogP contribution in [0.2, 0.25) is 0 Å². The van der Waals surface area contributed by atoms with Crippen LogP contribution in [-0.4, -0.2) is 21.7 Å². The Morgan fingerprint density at radius 3 is 2.68 bits per heavy atom. The van der Waals surface area contributed by atoms with Gasteiger partial charge < -0.3 is 10.1 Å². The number of aryl methyl sites for hydroxylation is 2. The first kappa shape index (κ1) is 14.0. The molecule has 0 saturated heterocycles. The summed E-state index contributed by atoms with van der Waals surface area (Å²) in [6.45, 7) is 3.73. The number of nitrogens with one attached hydrogen (secondary N) is 1. The van der Waals surface area contributed by atoms with Gasteiger partial charge in [-0.25, -0.2) is 4.98 Å². The van der Waals surface area contributed by atoms with E-state index in [9.17, 15) is 4.79 Å². The van der Waals surface area contributed by atoms with Crippen LogP contribution >= 0.6 is 15.9 Å². The van der Waals surface area contributed by atoms with Crippen LogP contribution in [0.25, 0.3) is 11.4 Å². The summed E-state index contributed by atoms with van der Waals surface area (Å²) in [4.78, 5) is 19.2. The van der Waals surface area contributed by atoms with Gasteiger partial charge in [-0.2, -0.15) is 0 Å². The van der Waals surface area contributed by atoms with Gasteiger partial charge in [0, 0.05) is 34.3 Å². The average molecular weight is 323 g/mol. The summed E-state index contributed by atoms with van der Waals surface area (Å²) in [6, 6.07) is 5.87. The SMILES string of the molecule is Cc1ccc(-c2nc(C)c(CCO)c(=O)[nH]2)c(Br)c1. The van der Waals surface area contributed by atoms with Crippen molar-refractivity contribution >= 4 is 15.9 Å². The molecular weight excluding hydrogens is 308 g/mol. The second-order valence-corrected chi connectivity index (χ2v) is 5.29. The smallest absolute Gasteiger partial charge is 0.254 e. The number of aromatic amines is 1. The molecule has 100 valence electrons. The fourth-order valence-electron chi connectivity index (χ4n) is 1.96. The van der Waals surface area contributed by atoms with Crippen LogP contribution in [0, 0.1) is 13.8 Å². The van der Waals surface area contributed by atoms with Gasteiger partial charge in [0.25, 0.3) is 5.56 Å². The number of hydrogen-bond acceptors (Lipinski definition) is 3. The zero-order chi connectivity index (χ0) is 14.0. The van der Waals surface area contributed by atoms with Crippen molar-refractivity contribution in [1.29, 1.82) is 0 Å². The lowest BCUT2D eigenvalue weighted by molar-refractivity contribution is 0.298. The van der Waals surface area contributed by atoms with Crippen molar-refractivity contribution in [2.24, 2.45) is 0 Å². The minimum atomic E-state index is -0.191. The van der Waals surface area contributed by atoms with Crippen molar-refractivity contribution in [2.45, 2.75) is 20.3 Å². The maximum Gasteiger partial charge on any atom is 0.254 e. The molecule has 2 rings (SSSR count). The summed E-state index contributed by atoms with van der Waals surface area (Å²) in [7, 11) is 0. The summed E-state index contributed by atoms with van der Waals surface area (Å²) >= 11 is 3.48. The van der Waals surface area contributed by atoms with Crippen molar-refractivity contribution in [2.75, 3.05) is 6.61 Å².